The fourth-order valence-corrected chi connectivity index (χ4v) is 4.02. The van der Waals surface area contributed by atoms with Crippen molar-refractivity contribution in [2.24, 2.45) is 0 Å². The Labute approximate surface area is 210 Å². The number of carbonyl (C=O) groups excluding carboxylic acids is 2. The Morgan fingerprint density at radius 1 is 1.06 bits per heavy atom. The lowest BCUT2D eigenvalue weighted by atomic mass is 10.1. The molecule has 0 unspecified atom stereocenters. The number of pyridine rings is 1. The summed E-state index contributed by atoms with van der Waals surface area (Å²) in [6.45, 7) is 12.0. The summed E-state index contributed by atoms with van der Waals surface area (Å²) in [7, 11) is 0. The zero-order valence-electron chi connectivity index (χ0n) is 21.5. The second-order valence-electron chi connectivity index (χ2n) is 9.43. The number of amides is 3. The van der Waals surface area contributed by atoms with Crippen molar-refractivity contribution in [1.29, 1.82) is 0 Å². The van der Waals surface area contributed by atoms with Crippen LogP contribution in [-0.4, -0.2) is 32.7 Å². The Balaban J connectivity index is 1.57. The molecular weight excluding hydrogens is 456 g/mol. The first kappa shape index (κ1) is 25.0. The molecule has 0 saturated heterocycles. The number of anilines is 1. The summed E-state index contributed by atoms with van der Waals surface area (Å²) in [6.07, 6.45) is 1.69. The van der Waals surface area contributed by atoms with E-state index in [4.69, 9.17) is 9.40 Å². The lowest BCUT2D eigenvalue weighted by molar-refractivity contribution is 0.0952. The van der Waals surface area contributed by atoms with E-state index >= 15 is 0 Å². The van der Waals surface area contributed by atoms with E-state index in [0.717, 1.165) is 22.6 Å². The summed E-state index contributed by atoms with van der Waals surface area (Å²) in [4.78, 5) is 30.1. The molecule has 3 heterocycles. The van der Waals surface area contributed by atoms with Crippen LogP contribution >= 0.6 is 0 Å². The molecule has 0 radical (unpaired) electrons. The summed E-state index contributed by atoms with van der Waals surface area (Å²) in [6, 6.07) is 11.0. The van der Waals surface area contributed by atoms with Gasteiger partial charge in [0.05, 0.1) is 22.8 Å². The summed E-state index contributed by atoms with van der Waals surface area (Å²) in [5.74, 6) is 1.31. The van der Waals surface area contributed by atoms with Crippen LogP contribution in [0.4, 0.5) is 10.5 Å². The van der Waals surface area contributed by atoms with Crippen LogP contribution in [0.15, 0.2) is 47.0 Å². The molecule has 0 fully saturated rings. The van der Waals surface area contributed by atoms with Crippen molar-refractivity contribution >= 4 is 28.7 Å². The van der Waals surface area contributed by atoms with Gasteiger partial charge in [-0.15, -0.1) is 0 Å². The molecule has 0 aliphatic carbocycles. The van der Waals surface area contributed by atoms with E-state index in [2.05, 4.69) is 21.0 Å². The minimum absolute atomic E-state index is 0.0498. The molecule has 3 N–H and O–H groups in total. The molecule has 0 aliphatic heterocycles. The van der Waals surface area contributed by atoms with Crippen LogP contribution in [-0.2, 0) is 6.54 Å². The summed E-state index contributed by atoms with van der Waals surface area (Å²) < 4.78 is 7.52. The summed E-state index contributed by atoms with van der Waals surface area (Å²) in [5.41, 5.74) is 4.26. The average molecular weight is 489 g/mol. The molecule has 0 aliphatic rings. The third kappa shape index (κ3) is 5.40. The number of carbonyl (C=O) groups is 2. The maximum atomic E-state index is 13.3. The first-order valence-corrected chi connectivity index (χ1v) is 12.0. The van der Waals surface area contributed by atoms with E-state index in [9.17, 15) is 9.59 Å². The number of urea groups is 1. The van der Waals surface area contributed by atoms with Crippen molar-refractivity contribution in [1.82, 2.24) is 25.4 Å². The standard InChI is InChI=1S/C27H32N6O3/c1-15(2)30-27(35)31-20-9-7-19(8-10-20)13-28-26(34)22-12-24(21-11-17(5)36-18(21)6)32-25-23(22)14-29-33(25)16(3)4/h7-12,14-16H,13H2,1-6H3,(H,28,34)(H2,30,31,35). The fourth-order valence-electron chi connectivity index (χ4n) is 4.02. The molecule has 1 aromatic carbocycles. The Hall–Kier alpha value is -4.14. The Morgan fingerprint density at radius 2 is 1.78 bits per heavy atom. The van der Waals surface area contributed by atoms with E-state index in [1.807, 2.05) is 64.4 Å². The number of furan rings is 1. The predicted octanol–water partition coefficient (Wildman–Crippen LogP) is 5.35. The molecular formula is C27H32N6O3. The van der Waals surface area contributed by atoms with E-state index in [1.54, 1.807) is 24.4 Å². The van der Waals surface area contributed by atoms with Gasteiger partial charge >= 0.3 is 6.03 Å². The largest absolute Gasteiger partial charge is 0.466 e. The van der Waals surface area contributed by atoms with Crippen LogP contribution in [0.5, 0.6) is 0 Å². The first-order valence-electron chi connectivity index (χ1n) is 12.0. The van der Waals surface area contributed by atoms with Gasteiger partial charge < -0.3 is 20.4 Å². The highest BCUT2D eigenvalue weighted by atomic mass is 16.3. The van der Waals surface area contributed by atoms with Crippen molar-refractivity contribution < 1.29 is 14.0 Å². The van der Waals surface area contributed by atoms with Gasteiger partial charge in [-0.2, -0.15) is 5.10 Å². The molecule has 4 rings (SSSR count). The molecule has 188 valence electrons. The highest BCUT2D eigenvalue weighted by molar-refractivity contribution is 6.06. The van der Waals surface area contributed by atoms with E-state index in [-0.39, 0.29) is 24.0 Å². The van der Waals surface area contributed by atoms with Crippen LogP contribution < -0.4 is 16.0 Å². The Morgan fingerprint density at radius 3 is 2.39 bits per heavy atom. The average Bonchev–Trinajstić information content (AvgIpc) is 3.39. The molecule has 3 aromatic heterocycles. The molecule has 4 aromatic rings. The molecule has 9 heteroatoms. The minimum atomic E-state index is -0.256. The topological polar surface area (TPSA) is 114 Å². The molecule has 0 saturated carbocycles. The quantitative estimate of drug-likeness (QED) is 0.324. The van der Waals surface area contributed by atoms with Crippen molar-refractivity contribution in [2.45, 2.75) is 60.2 Å². The lowest BCUT2D eigenvalue weighted by Gasteiger charge is -2.12. The number of fused-ring (bicyclic) bond motifs is 1. The minimum Gasteiger partial charge on any atom is -0.466 e. The number of nitrogens with one attached hydrogen (secondary N) is 3. The monoisotopic (exact) mass is 488 g/mol. The molecule has 9 nitrogen and oxygen atoms in total. The third-order valence-electron chi connectivity index (χ3n) is 5.70. The van der Waals surface area contributed by atoms with Gasteiger partial charge in [-0.3, -0.25) is 4.79 Å². The number of nitrogens with zero attached hydrogens (tertiary/aromatic N) is 3. The number of hydrogen-bond acceptors (Lipinski definition) is 5. The van der Waals surface area contributed by atoms with Crippen molar-refractivity contribution in [3.05, 3.63) is 65.2 Å². The summed E-state index contributed by atoms with van der Waals surface area (Å²) >= 11 is 0. The van der Waals surface area contributed by atoms with E-state index < -0.39 is 0 Å². The maximum absolute atomic E-state index is 13.3. The summed E-state index contributed by atoms with van der Waals surface area (Å²) in [5, 5.41) is 13.8. The zero-order chi connectivity index (χ0) is 26.0. The highest BCUT2D eigenvalue weighted by Crippen LogP contribution is 2.30. The van der Waals surface area contributed by atoms with Gasteiger partial charge in [-0.25, -0.2) is 14.5 Å². The molecule has 36 heavy (non-hydrogen) atoms. The smallest absolute Gasteiger partial charge is 0.319 e. The van der Waals surface area contributed by atoms with Crippen LogP contribution in [0.2, 0.25) is 0 Å². The number of hydrogen-bond donors (Lipinski definition) is 3. The number of aryl methyl sites for hydroxylation is 2. The van der Waals surface area contributed by atoms with Crippen LogP contribution in [0.25, 0.3) is 22.3 Å². The third-order valence-corrected chi connectivity index (χ3v) is 5.70. The van der Waals surface area contributed by atoms with Crippen LogP contribution in [0, 0.1) is 13.8 Å². The van der Waals surface area contributed by atoms with Crippen molar-refractivity contribution in [3.63, 3.8) is 0 Å². The second-order valence-corrected chi connectivity index (χ2v) is 9.43. The van der Waals surface area contributed by atoms with Gasteiger partial charge in [0.25, 0.3) is 5.91 Å². The molecule has 0 atom stereocenters. The normalized spacial score (nSPS) is 11.3. The SMILES string of the molecule is Cc1cc(-c2cc(C(=O)NCc3ccc(NC(=O)NC(C)C)cc3)c3cnn(C(C)C)c3n2)c(C)o1. The van der Waals surface area contributed by atoms with E-state index in [1.165, 1.54) is 0 Å². The second kappa shape index (κ2) is 10.2. The van der Waals surface area contributed by atoms with Gasteiger partial charge in [0, 0.05) is 29.9 Å². The van der Waals surface area contributed by atoms with E-state index in [0.29, 0.717) is 34.5 Å². The van der Waals surface area contributed by atoms with Gasteiger partial charge in [0.15, 0.2) is 5.65 Å². The molecule has 3 amide bonds. The molecule has 0 spiro atoms. The van der Waals surface area contributed by atoms with Gasteiger partial charge in [-0.05, 0) is 71.4 Å². The van der Waals surface area contributed by atoms with Gasteiger partial charge in [0.1, 0.15) is 11.5 Å². The Kier molecular flexibility index (Phi) is 7.10. The molecule has 0 bridgehead atoms. The number of rotatable bonds is 7. The lowest BCUT2D eigenvalue weighted by Crippen LogP contribution is -2.34. The highest BCUT2D eigenvalue weighted by Gasteiger charge is 2.20. The van der Waals surface area contributed by atoms with Crippen LogP contribution in [0.3, 0.4) is 0 Å². The zero-order valence-corrected chi connectivity index (χ0v) is 21.5. The van der Waals surface area contributed by atoms with Crippen molar-refractivity contribution in [2.75, 3.05) is 5.32 Å². The number of benzene rings is 1. The van der Waals surface area contributed by atoms with Crippen molar-refractivity contribution in [3.8, 4) is 11.3 Å². The van der Waals surface area contributed by atoms with Gasteiger partial charge in [-0.1, -0.05) is 12.1 Å². The van der Waals surface area contributed by atoms with Gasteiger partial charge in [0.2, 0.25) is 0 Å². The van der Waals surface area contributed by atoms with Crippen LogP contribution in [0.1, 0.15) is 61.2 Å². The maximum Gasteiger partial charge on any atom is 0.319 e. The first-order chi connectivity index (χ1) is 17.1. The number of aromatic nitrogens is 3. The Bertz CT molecular complexity index is 1400. The fraction of sp³-hybridized carbons (Fsp3) is 0.333. The predicted molar refractivity (Wildman–Crippen MR) is 140 cm³/mol.